The zero-order valence-corrected chi connectivity index (χ0v) is 14.0. The highest BCUT2D eigenvalue weighted by molar-refractivity contribution is 5.96. The molecular formula is C19H19N3O2. The Bertz CT molecular complexity index is 1110. The Hall–Kier alpha value is -2.82. The van der Waals surface area contributed by atoms with Gasteiger partial charge in [-0.25, -0.2) is 4.79 Å². The van der Waals surface area contributed by atoms with Gasteiger partial charge in [0.05, 0.1) is 11.1 Å². The van der Waals surface area contributed by atoms with E-state index in [1.54, 1.807) is 11.6 Å². The van der Waals surface area contributed by atoms with E-state index < -0.39 is 0 Å². The Morgan fingerprint density at radius 3 is 2.50 bits per heavy atom. The second-order valence-electron chi connectivity index (χ2n) is 6.41. The quantitative estimate of drug-likeness (QED) is 0.747. The van der Waals surface area contributed by atoms with Crippen molar-refractivity contribution < 1.29 is 0 Å². The first-order chi connectivity index (χ1) is 11.5. The lowest BCUT2D eigenvalue weighted by Gasteiger charge is -2.13. The molecule has 0 radical (unpaired) electrons. The molecule has 0 aliphatic heterocycles. The molecule has 4 rings (SSSR count). The van der Waals surface area contributed by atoms with Crippen LogP contribution in [0.15, 0.2) is 45.5 Å². The van der Waals surface area contributed by atoms with Gasteiger partial charge in [-0.1, -0.05) is 36.0 Å². The number of fused-ring (bicyclic) bond motifs is 6. The van der Waals surface area contributed by atoms with Gasteiger partial charge in [-0.2, -0.15) is 0 Å². The van der Waals surface area contributed by atoms with Crippen molar-refractivity contribution in [3.05, 3.63) is 68.0 Å². The summed E-state index contributed by atoms with van der Waals surface area (Å²) in [5.41, 5.74) is 4.48. The highest BCUT2D eigenvalue weighted by Crippen LogP contribution is 2.36. The van der Waals surface area contributed by atoms with Gasteiger partial charge in [-0.15, -0.1) is 0 Å². The molecule has 5 heteroatoms. The normalized spacial score (nSPS) is 17.6. The third kappa shape index (κ3) is 1.87. The van der Waals surface area contributed by atoms with Gasteiger partial charge in [0.15, 0.2) is 0 Å². The lowest BCUT2D eigenvalue weighted by atomic mass is 9.92. The first kappa shape index (κ1) is 14.8. The molecule has 0 saturated heterocycles. The fourth-order valence-electron chi connectivity index (χ4n) is 3.73. The maximum atomic E-state index is 12.9. The molecule has 0 unspecified atom stereocenters. The van der Waals surface area contributed by atoms with E-state index in [2.05, 4.69) is 24.3 Å². The Kier molecular flexibility index (Phi) is 3.13. The molecule has 2 aliphatic rings. The van der Waals surface area contributed by atoms with Gasteiger partial charge < -0.3 is 4.57 Å². The highest BCUT2D eigenvalue weighted by Gasteiger charge is 2.24. The van der Waals surface area contributed by atoms with Crippen molar-refractivity contribution in [2.45, 2.75) is 12.8 Å². The predicted octanol–water partition coefficient (Wildman–Crippen LogP) is 2.26. The van der Waals surface area contributed by atoms with Crippen LogP contribution in [-0.2, 0) is 21.1 Å². The molecule has 2 aromatic heterocycles. The molecule has 0 fully saturated rings. The topological polar surface area (TPSA) is 48.9 Å². The lowest BCUT2D eigenvalue weighted by molar-refractivity contribution is 0.697. The maximum absolute atomic E-state index is 12.9. The number of allylic oxidation sites excluding steroid dienone is 7. The molecule has 5 nitrogen and oxygen atoms in total. The van der Waals surface area contributed by atoms with Gasteiger partial charge in [0.2, 0.25) is 0 Å². The van der Waals surface area contributed by atoms with Gasteiger partial charge in [0.1, 0.15) is 5.65 Å². The summed E-state index contributed by atoms with van der Waals surface area (Å²) in [6.07, 6.45) is 14.2. The van der Waals surface area contributed by atoms with Gasteiger partial charge in [0, 0.05) is 26.7 Å². The summed E-state index contributed by atoms with van der Waals surface area (Å²) >= 11 is 0. The van der Waals surface area contributed by atoms with E-state index in [1.807, 2.05) is 23.8 Å². The van der Waals surface area contributed by atoms with Crippen LogP contribution in [0.1, 0.15) is 24.1 Å². The molecule has 0 amide bonds. The SMILES string of the molecule is Cn1c(=O)c2c3c(n(C)c2n(C)c1=O)/C=C\CC1=CC=CC=C3C1. The first-order valence-corrected chi connectivity index (χ1v) is 8.01. The summed E-state index contributed by atoms with van der Waals surface area (Å²) in [4.78, 5) is 25.2. The molecule has 122 valence electrons. The van der Waals surface area contributed by atoms with Crippen molar-refractivity contribution in [2.75, 3.05) is 0 Å². The average Bonchev–Trinajstić information content (AvgIpc) is 2.73. The van der Waals surface area contributed by atoms with Crippen molar-refractivity contribution in [2.24, 2.45) is 21.1 Å². The summed E-state index contributed by atoms with van der Waals surface area (Å²) in [5, 5.41) is 0.615. The van der Waals surface area contributed by atoms with Gasteiger partial charge in [-0.3, -0.25) is 13.9 Å². The maximum Gasteiger partial charge on any atom is 0.332 e. The van der Waals surface area contributed by atoms with Crippen LogP contribution >= 0.6 is 0 Å². The van der Waals surface area contributed by atoms with E-state index in [9.17, 15) is 9.59 Å². The predicted molar refractivity (Wildman–Crippen MR) is 96.9 cm³/mol. The van der Waals surface area contributed by atoms with Crippen molar-refractivity contribution in [3.8, 4) is 0 Å². The van der Waals surface area contributed by atoms with E-state index >= 15 is 0 Å². The number of aromatic nitrogens is 3. The number of rotatable bonds is 0. The first-order valence-electron chi connectivity index (χ1n) is 8.01. The lowest BCUT2D eigenvalue weighted by Crippen LogP contribution is -2.37. The van der Waals surface area contributed by atoms with Crippen LogP contribution in [0.4, 0.5) is 0 Å². The standard InChI is InChI=1S/C19H19N3O2/c1-20-14-10-6-8-12-7-4-5-9-13(11-12)15(14)16-17(20)21(2)19(24)22(3)18(16)23/h4-7,9-10H,8,11H2,1-3H3/b10-6-. The van der Waals surface area contributed by atoms with E-state index in [0.717, 1.165) is 29.7 Å². The van der Waals surface area contributed by atoms with E-state index in [4.69, 9.17) is 0 Å². The molecule has 0 spiro atoms. The summed E-state index contributed by atoms with van der Waals surface area (Å²) in [7, 11) is 5.17. The zero-order valence-electron chi connectivity index (χ0n) is 14.0. The third-order valence-electron chi connectivity index (χ3n) is 4.95. The van der Waals surface area contributed by atoms with Crippen LogP contribution < -0.4 is 11.2 Å². The molecule has 0 N–H and O–H groups in total. The van der Waals surface area contributed by atoms with Crippen LogP contribution in [0.25, 0.3) is 22.7 Å². The Morgan fingerprint density at radius 1 is 0.958 bits per heavy atom. The minimum atomic E-state index is -0.305. The van der Waals surface area contributed by atoms with Crippen LogP contribution in [0.5, 0.6) is 0 Å². The summed E-state index contributed by atoms with van der Waals surface area (Å²) in [6, 6.07) is 0. The molecule has 0 aromatic carbocycles. The molecule has 2 aromatic rings. The second kappa shape index (κ2) is 5.09. The Balaban J connectivity index is 2.25. The minimum Gasteiger partial charge on any atom is -0.329 e. The summed E-state index contributed by atoms with van der Waals surface area (Å²) in [6.45, 7) is 0. The second-order valence-corrected chi connectivity index (χ2v) is 6.41. The zero-order chi connectivity index (χ0) is 17.0. The molecular weight excluding hydrogens is 302 g/mol. The molecule has 0 saturated carbocycles. The number of aryl methyl sites for hydroxylation is 2. The monoisotopic (exact) mass is 321 g/mol. The van der Waals surface area contributed by atoms with Crippen molar-refractivity contribution in [1.82, 2.24) is 13.7 Å². The van der Waals surface area contributed by atoms with Crippen molar-refractivity contribution >= 4 is 22.7 Å². The fourth-order valence-corrected chi connectivity index (χ4v) is 3.73. The number of hydrogen-bond donors (Lipinski definition) is 0. The Labute approximate surface area is 139 Å². The fraction of sp³-hybridized carbons (Fsp3) is 0.263. The minimum absolute atomic E-state index is 0.237. The highest BCUT2D eigenvalue weighted by atomic mass is 16.2. The van der Waals surface area contributed by atoms with Crippen molar-refractivity contribution in [1.29, 1.82) is 0 Å². The third-order valence-corrected chi connectivity index (χ3v) is 4.95. The summed E-state index contributed by atoms with van der Waals surface area (Å²) in [5.74, 6) is 0. The van der Waals surface area contributed by atoms with Gasteiger partial charge >= 0.3 is 5.69 Å². The van der Waals surface area contributed by atoms with Crippen LogP contribution in [0.2, 0.25) is 0 Å². The molecule has 24 heavy (non-hydrogen) atoms. The van der Waals surface area contributed by atoms with Crippen LogP contribution in [-0.4, -0.2) is 13.7 Å². The largest absolute Gasteiger partial charge is 0.332 e. The molecule has 2 heterocycles. The molecule has 2 aliphatic carbocycles. The Morgan fingerprint density at radius 2 is 1.71 bits per heavy atom. The average molecular weight is 321 g/mol. The van der Waals surface area contributed by atoms with Crippen LogP contribution in [0, 0.1) is 0 Å². The van der Waals surface area contributed by atoms with Crippen molar-refractivity contribution in [3.63, 3.8) is 0 Å². The summed E-state index contributed by atoms with van der Waals surface area (Å²) < 4.78 is 4.70. The number of hydrogen-bond acceptors (Lipinski definition) is 2. The van der Waals surface area contributed by atoms with Gasteiger partial charge in [0.25, 0.3) is 5.56 Å². The van der Waals surface area contributed by atoms with E-state index in [-0.39, 0.29) is 11.2 Å². The molecule has 0 atom stereocenters. The van der Waals surface area contributed by atoms with E-state index in [0.29, 0.717) is 11.0 Å². The van der Waals surface area contributed by atoms with Crippen LogP contribution in [0.3, 0.4) is 0 Å². The van der Waals surface area contributed by atoms with Gasteiger partial charge in [-0.05, 0) is 24.5 Å². The smallest absolute Gasteiger partial charge is 0.329 e. The number of nitrogens with zero attached hydrogens (tertiary/aromatic N) is 3. The van der Waals surface area contributed by atoms with E-state index in [1.165, 1.54) is 17.2 Å². The molecule has 2 bridgehead atoms.